The molecule has 1 unspecified atom stereocenters. The Morgan fingerprint density at radius 3 is 2.35 bits per heavy atom. The van der Waals surface area contributed by atoms with Crippen LogP contribution in [0.15, 0.2) is 29.3 Å². The van der Waals surface area contributed by atoms with Gasteiger partial charge in [-0.3, -0.25) is 10.3 Å². The Hall–Kier alpha value is -1.62. The minimum atomic E-state index is -1.16. The van der Waals surface area contributed by atoms with E-state index in [4.69, 9.17) is 11.5 Å². The number of nitrogens with one attached hydrogen (secondary N) is 1. The van der Waals surface area contributed by atoms with Crippen molar-refractivity contribution in [2.75, 3.05) is 13.1 Å². The Balaban J connectivity index is 2.44. The van der Waals surface area contributed by atoms with Gasteiger partial charge in [-0.05, 0) is 23.9 Å². The third-order valence-electron chi connectivity index (χ3n) is 3.02. The highest BCUT2D eigenvalue weighted by Gasteiger charge is 2.14. The molecule has 0 aliphatic carbocycles. The van der Waals surface area contributed by atoms with Gasteiger partial charge in [0.25, 0.3) is 0 Å². The molecule has 5 N–H and O–H groups in total. The molecule has 0 aliphatic rings. The predicted molar refractivity (Wildman–Crippen MR) is 82.3 cm³/mol. The molecular formula is C15H25FN4. The molecule has 0 saturated heterocycles. The normalized spacial score (nSPS) is 13.0. The van der Waals surface area contributed by atoms with E-state index < -0.39 is 6.30 Å². The molecule has 20 heavy (non-hydrogen) atoms. The predicted octanol–water partition coefficient (Wildman–Crippen LogP) is 2.21. The first kappa shape index (κ1) is 16.4. The van der Waals surface area contributed by atoms with Gasteiger partial charge in [-0.1, -0.05) is 45.0 Å². The monoisotopic (exact) mass is 280 g/mol. The fourth-order valence-corrected chi connectivity index (χ4v) is 1.79. The zero-order chi connectivity index (χ0) is 15.2. The molecule has 112 valence electrons. The van der Waals surface area contributed by atoms with Gasteiger partial charge < -0.3 is 11.5 Å². The molecule has 0 aromatic heterocycles. The van der Waals surface area contributed by atoms with Crippen molar-refractivity contribution in [3.63, 3.8) is 0 Å². The molecule has 0 saturated carbocycles. The number of benzene rings is 1. The summed E-state index contributed by atoms with van der Waals surface area (Å²) < 4.78 is 14.0. The van der Waals surface area contributed by atoms with Crippen molar-refractivity contribution in [3.05, 3.63) is 35.4 Å². The van der Waals surface area contributed by atoms with Crippen LogP contribution in [0.4, 0.5) is 4.39 Å². The molecule has 1 rings (SSSR count). The van der Waals surface area contributed by atoms with Gasteiger partial charge in [0.05, 0.1) is 0 Å². The summed E-state index contributed by atoms with van der Waals surface area (Å²) in [7, 11) is 0. The number of hydrogen-bond donors (Lipinski definition) is 3. The van der Waals surface area contributed by atoms with E-state index in [1.807, 2.05) is 24.3 Å². The summed E-state index contributed by atoms with van der Waals surface area (Å²) in [6.45, 7) is 7.44. The van der Waals surface area contributed by atoms with E-state index in [0.717, 1.165) is 0 Å². The van der Waals surface area contributed by atoms with Gasteiger partial charge in [0.15, 0.2) is 12.3 Å². The van der Waals surface area contributed by atoms with Gasteiger partial charge in [0, 0.05) is 12.1 Å². The number of guanidine groups is 1. The molecule has 4 nitrogen and oxygen atoms in total. The molecule has 5 heteroatoms. The second kappa shape index (κ2) is 7.24. The highest BCUT2D eigenvalue weighted by Crippen LogP contribution is 2.24. The number of nitrogens with zero attached hydrogens (tertiary/aromatic N) is 1. The molecule has 1 aromatic carbocycles. The van der Waals surface area contributed by atoms with Crippen LogP contribution >= 0.6 is 0 Å². The first-order valence-corrected chi connectivity index (χ1v) is 6.84. The van der Waals surface area contributed by atoms with Crippen LogP contribution in [-0.4, -0.2) is 19.0 Å². The van der Waals surface area contributed by atoms with Crippen molar-refractivity contribution in [3.8, 4) is 0 Å². The zero-order valence-electron chi connectivity index (χ0n) is 12.5. The van der Waals surface area contributed by atoms with Crippen LogP contribution in [0.5, 0.6) is 0 Å². The lowest BCUT2D eigenvalue weighted by atomic mass is 9.86. The summed E-state index contributed by atoms with van der Waals surface area (Å²) >= 11 is 0. The lowest BCUT2D eigenvalue weighted by molar-refractivity contribution is 0.280. The Labute approximate surface area is 120 Å². The fraction of sp³-hybridized carbons (Fsp3) is 0.533. The lowest BCUT2D eigenvalue weighted by Crippen LogP contribution is -2.24. The van der Waals surface area contributed by atoms with E-state index in [2.05, 4.69) is 31.1 Å². The highest BCUT2D eigenvalue weighted by atomic mass is 19.1. The first-order chi connectivity index (χ1) is 9.30. The van der Waals surface area contributed by atoms with Crippen LogP contribution in [0.25, 0.3) is 0 Å². The molecule has 0 amide bonds. The van der Waals surface area contributed by atoms with Crippen LogP contribution < -0.4 is 16.8 Å². The average Bonchev–Trinajstić information content (AvgIpc) is 2.37. The van der Waals surface area contributed by atoms with Crippen LogP contribution in [0.3, 0.4) is 0 Å². The molecule has 0 heterocycles. The molecule has 1 aromatic rings. The van der Waals surface area contributed by atoms with E-state index in [1.54, 1.807) is 0 Å². The van der Waals surface area contributed by atoms with E-state index in [-0.39, 0.29) is 11.4 Å². The Morgan fingerprint density at radius 2 is 1.85 bits per heavy atom. The maximum Gasteiger partial charge on any atom is 0.185 e. The Kier molecular flexibility index (Phi) is 5.95. The summed E-state index contributed by atoms with van der Waals surface area (Å²) in [5.74, 6) is 0.0690. The van der Waals surface area contributed by atoms with E-state index in [0.29, 0.717) is 25.1 Å². The van der Waals surface area contributed by atoms with E-state index >= 15 is 0 Å². The van der Waals surface area contributed by atoms with Crippen molar-refractivity contribution < 1.29 is 4.39 Å². The maximum absolute atomic E-state index is 14.0. The summed E-state index contributed by atoms with van der Waals surface area (Å²) in [4.78, 5) is 3.84. The van der Waals surface area contributed by atoms with Crippen LogP contribution in [0, 0.1) is 0 Å². The summed E-state index contributed by atoms with van der Waals surface area (Å²) in [6, 6.07) is 7.61. The van der Waals surface area contributed by atoms with Crippen LogP contribution in [-0.2, 0) is 5.41 Å². The van der Waals surface area contributed by atoms with E-state index in [9.17, 15) is 4.39 Å². The Bertz CT molecular complexity index is 430. The summed E-state index contributed by atoms with van der Waals surface area (Å²) in [5, 5.41) is 2.81. The highest BCUT2D eigenvalue weighted by molar-refractivity contribution is 5.75. The van der Waals surface area contributed by atoms with Crippen molar-refractivity contribution >= 4 is 5.96 Å². The molecule has 0 bridgehead atoms. The maximum atomic E-state index is 14.0. The third kappa shape index (κ3) is 5.57. The van der Waals surface area contributed by atoms with Gasteiger partial charge in [-0.25, -0.2) is 4.39 Å². The van der Waals surface area contributed by atoms with Crippen LogP contribution in [0.2, 0.25) is 0 Å². The molecule has 0 fully saturated rings. The molecular weight excluding hydrogens is 255 g/mol. The van der Waals surface area contributed by atoms with Crippen molar-refractivity contribution in [2.24, 2.45) is 16.5 Å². The Morgan fingerprint density at radius 1 is 1.25 bits per heavy atom. The number of nitrogens with two attached hydrogens (primary N) is 2. The number of halogens is 1. The van der Waals surface area contributed by atoms with Gasteiger partial charge in [-0.2, -0.15) is 0 Å². The van der Waals surface area contributed by atoms with E-state index in [1.165, 1.54) is 5.56 Å². The smallest absolute Gasteiger partial charge is 0.185 e. The number of rotatable bonds is 6. The second-order valence-electron chi connectivity index (χ2n) is 5.85. The first-order valence-electron chi connectivity index (χ1n) is 6.84. The minimum absolute atomic E-state index is 0.0690. The average molecular weight is 280 g/mol. The van der Waals surface area contributed by atoms with Crippen LogP contribution in [0.1, 0.15) is 44.6 Å². The SMILES string of the molecule is CC(C)(C)c1ccc(C(F)NCCCN=C(N)N)cc1. The zero-order valence-corrected chi connectivity index (χ0v) is 12.5. The van der Waals surface area contributed by atoms with Gasteiger partial charge >= 0.3 is 0 Å². The summed E-state index contributed by atoms with van der Waals surface area (Å²) in [5.41, 5.74) is 12.3. The minimum Gasteiger partial charge on any atom is -0.370 e. The van der Waals surface area contributed by atoms with Crippen molar-refractivity contribution in [2.45, 2.75) is 38.9 Å². The van der Waals surface area contributed by atoms with Gasteiger partial charge in [-0.15, -0.1) is 0 Å². The standard InChI is InChI=1S/C15H25FN4/c1-15(2,3)12-7-5-11(6-8-12)13(16)19-9-4-10-20-14(17)18/h5-8,13,19H,4,9-10H2,1-3H3,(H4,17,18,20). The molecule has 0 spiro atoms. The lowest BCUT2D eigenvalue weighted by Gasteiger charge is -2.19. The number of alkyl halides is 1. The molecule has 0 radical (unpaired) electrons. The quantitative estimate of drug-likeness (QED) is 0.323. The largest absolute Gasteiger partial charge is 0.370 e. The number of hydrogen-bond acceptors (Lipinski definition) is 2. The topological polar surface area (TPSA) is 76.4 Å². The fourth-order valence-electron chi connectivity index (χ4n) is 1.79. The van der Waals surface area contributed by atoms with Crippen molar-refractivity contribution in [1.29, 1.82) is 0 Å². The summed E-state index contributed by atoms with van der Waals surface area (Å²) in [6.07, 6.45) is -0.471. The number of aliphatic imine (C=N–C) groups is 1. The molecule has 1 atom stereocenters. The molecule has 0 aliphatic heterocycles. The van der Waals surface area contributed by atoms with Gasteiger partial charge in [0.2, 0.25) is 0 Å². The third-order valence-corrected chi connectivity index (χ3v) is 3.02. The van der Waals surface area contributed by atoms with Gasteiger partial charge in [0.1, 0.15) is 0 Å². The second-order valence-corrected chi connectivity index (χ2v) is 5.85. The van der Waals surface area contributed by atoms with Crippen molar-refractivity contribution in [1.82, 2.24) is 5.32 Å².